The number of nitrogens with one attached hydrogen (secondary N) is 1. The molecule has 108 valence electrons. The molecule has 0 aliphatic heterocycles. The highest BCUT2D eigenvalue weighted by atomic mass is 16.6. The Balaban J connectivity index is 3.05. The minimum Gasteiger partial charge on any atom is -0.477 e. The van der Waals surface area contributed by atoms with Gasteiger partial charge in [-0.05, 0) is 12.1 Å². The molecule has 7 heteroatoms. The molecule has 0 radical (unpaired) electrons. The number of rotatable bonds is 6. The Bertz CT molecular complexity index is 540. The second kappa shape index (κ2) is 6.65. The van der Waals surface area contributed by atoms with Crippen molar-refractivity contribution in [3.8, 4) is 5.75 Å². The zero-order chi connectivity index (χ0) is 15.3. The standard InChI is InChI=1S/C13H16N2O5/c1-8(2)13(17)9-4-5-11(10(6-9)15(18)19)20-7-12(16)14-3/h4-6,8H,7H2,1-3H3,(H,14,16). The molecule has 1 aromatic carbocycles. The van der Waals surface area contributed by atoms with E-state index >= 15 is 0 Å². The lowest BCUT2D eigenvalue weighted by Gasteiger charge is -2.08. The van der Waals surface area contributed by atoms with Gasteiger partial charge in [0.1, 0.15) is 0 Å². The molecule has 1 amide bonds. The fourth-order valence-electron chi connectivity index (χ4n) is 1.48. The van der Waals surface area contributed by atoms with Crippen molar-refractivity contribution in [1.29, 1.82) is 0 Å². The molecular formula is C13H16N2O5. The van der Waals surface area contributed by atoms with Crippen molar-refractivity contribution in [3.63, 3.8) is 0 Å². The highest BCUT2D eigenvalue weighted by Crippen LogP contribution is 2.28. The molecule has 20 heavy (non-hydrogen) atoms. The number of carbonyl (C=O) groups is 2. The third kappa shape index (κ3) is 3.78. The second-order valence-electron chi connectivity index (χ2n) is 4.42. The Labute approximate surface area is 116 Å². The van der Waals surface area contributed by atoms with Crippen molar-refractivity contribution >= 4 is 17.4 Å². The van der Waals surface area contributed by atoms with Gasteiger partial charge in [-0.25, -0.2) is 0 Å². The van der Waals surface area contributed by atoms with E-state index in [1.165, 1.54) is 25.2 Å². The van der Waals surface area contributed by atoms with Gasteiger partial charge in [-0.3, -0.25) is 19.7 Å². The molecule has 0 atom stereocenters. The lowest BCUT2D eigenvalue weighted by atomic mass is 10.0. The highest BCUT2D eigenvalue weighted by molar-refractivity contribution is 5.98. The molecule has 0 aliphatic carbocycles. The van der Waals surface area contributed by atoms with E-state index in [2.05, 4.69) is 5.32 Å². The molecule has 0 bridgehead atoms. The predicted molar refractivity (Wildman–Crippen MR) is 71.8 cm³/mol. The van der Waals surface area contributed by atoms with Gasteiger partial charge >= 0.3 is 5.69 Å². The van der Waals surface area contributed by atoms with E-state index in [0.717, 1.165) is 0 Å². The molecule has 7 nitrogen and oxygen atoms in total. The van der Waals surface area contributed by atoms with Crippen LogP contribution in [0, 0.1) is 16.0 Å². The van der Waals surface area contributed by atoms with Gasteiger partial charge in [-0.2, -0.15) is 0 Å². The summed E-state index contributed by atoms with van der Waals surface area (Å²) >= 11 is 0. The van der Waals surface area contributed by atoms with Crippen LogP contribution in [-0.4, -0.2) is 30.3 Å². The molecule has 0 spiro atoms. The Kier molecular flexibility index (Phi) is 5.19. The zero-order valence-corrected chi connectivity index (χ0v) is 11.5. The van der Waals surface area contributed by atoms with E-state index in [1.807, 2.05) is 0 Å². The number of nitro benzene ring substituents is 1. The number of hydrogen-bond acceptors (Lipinski definition) is 5. The van der Waals surface area contributed by atoms with Crippen molar-refractivity contribution in [2.75, 3.05) is 13.7 Å². The van der Waals surface area contributed by atoms with Gasteiger partial charge in [0, 0.05) is 24.6 Å². The Morgan fingerprint density at radius 2 is 2.05 bits per heavy atom. The lowest BCUT2D eigenvalue weighted by molar-refractivity contribution is -0.385. The van der Waals surface area contributed by atoms with Crippen LogP contribution in [0.4, 0.5) is 5.69 Å². The predicted octanol–water partition coefficient (Wildman–Crippen LogP) is 1.56. The van der Waals surface area contributed by atoms with Crippen molar-refractivity contribution in [3.05, 3.63) is 33.9 Å². The normalized spacial score (nSPS) is 10.2. The van der Waals surface area contributed by atoms with Crippen LogP contribution in [0.25, 0.3) is 0 Å². The van der Waals surface area contributed by atoms with Gasteiger partial charge in [0.15, 0.2) is 18.1 Å². The molecule has 0 aromatic heterocycles. The molecule has 0 unspecified atom stereocenters. The van der Waals surface area contributed by atoms with Gasteiger partial charge in [0.05, 0.1) is 4.92 Å². The summed E-state index contributed by atoms with van der Waals surface area (Å²) in [5, 5.41) is 13.3. The summed E-state index contributed by atoms with van der Waals surface area (Å²) in [7, 11) is 1.44. The molecule has 1 N–H and O–H groups in total. The maximum Gasteiger partial charge on any atom is 0.311 e. The van der Waals surface area contributed by atoms with Crippen molar-refractivity contribution in [2.45, 2.75) is 13.8 Å². The summed E-state index contributed by atoms with van der Waals surface area (Å²) in [6.45, 7) is 3.10. The van der Waals surface area contributed by atoms with Crippen LogP contribution in [0.2, 0.25) is 0 Å². The van der Waals surface area contributed by atoms with Gasteiger partial charge < -0.3 is 10.1 Å². The van der Waals surface area contributed by atoms with Crippen molar-refractivity contribution in [1.82, 2.24) is 5.32 Å². The number of benzene rings is 1. The second-order valence-corrected chi connectivity index (χ2v) is 4.42. The number of nitro groups is 1. The summed E-state index contributed by atoms with van der Waals surface area (Å²) in [5.74, 6) is -0.890. The van der Waals surface area contributed by atoms with E-state index < -0.39 is 10.8 Å². The summed E-state index contributed by atoms with van der Waals surface area (Å²) in [5.41, 5.74) is -0.0839. The van der Waals surface area contributed by atoms with Crippen molar-refractivity contribution in [2.24, 2.45) is 5.92 Å². The van der Waals surface area contributed by atoms with Crippen molar-refractivity contribution < 1.29 is 19.2 Å². The van der Waals surface area contributed by atoms with Gasteiger partial charge in [-0.15, -0.1) is 0 Å². The maximum atomic E-state index is 11.8. The number of hydrogen-bond donors (Lipinski definition) is 1. The first-order valence-corrected chi connectivity index (χ1v) is 6.02. The number of carbonyl (C=O) groups excluding carboxylic acids is 2. The number of likely N-dealkylation sites (N-methyl/N-ethyl adjacent to an activating group) is 1. The molecule has 0 saturated carbocycles. The first-order chi connectivity index (χ1) is 9.36. The summed E-state index contributed by atoms with van der Waals surface area (Å²) < 4.78 is 5.08. The van der Waals surface area contributed by atoms with Crippen LogP contribution >= 0.6 is 0 Å². The SMILES string of the molecule is CNC(=O)COc1ccc(C(=O)C(C)C)cc1[N+](=O)[O-]. The number of amides is 1. The largest absolute Gasteiger partial charge is 0.477 e. The molecule has 0 aliphatic rings. The van der Waals surface area contributed by atoms with Crippen LogP contribution < -0.4 is 10.1 Å². The van der Waals surface area contributed by atoms with Crippen LogP contribution in [-0.2, 0) is 4.79 Å². The number of ketones is 1. The van der Waals surface area contributed by atoms with Gasteiger partial charge in [0.2, 0.25) is 0 Å². The van der Waals surface area contributed by atoms with Crippen LogP contribution in [0.15, 0.2) is 18.2 Å². The molecular weight excluding hydrogens is 264 g/mol. The average Bonchev–Trinajstić information content (AvgIpc) is 2.43. The summed E-state index contributed by atoms with van der Waals surface area (Å²) in [6, 6.07) is 3.95. The van der Waals surface area contributed by atoms with Crippen LogP contribution in [0.3, 0.4) is 0 Å². The highest BCUT2D eigenvalue weighted by Gasteiger charge is 2.20. The number of nitrogens with zero attached hydrogens (tertiary/aromatic N) is 1. The molecule has 1 rings (SSSR count). The van der Waals surface area contributed by atoms with E-state index in [4.69, 9.17) is 4.74 Å². The molecule has 0 heterocycles. The van der Waals surface area contributed by atoms with Crippen LogP contribution in [0.1, 0.15) is 24.2 Å². The van der Waals surface area contributed by atoms with E-state index in [-0.39, 0.29) is 35.3 Å². The van der Waals surface area contributed by atoms with Crippen LogP contribution in [0.5, 0.6) is 5.75 Å². The number of ether oxygens (including phenoxy) is 1. The smallest absolute Gasteiger partial charge is 0.311 e. The maximum absolute atomic E-state index is 11.8. The molecule has 0 saturated heterocycles. The Hall–Kier alpha value is -2.44. The Morgan fingerprint density at radius 1 is 1.40 bits per heavy atom. The average molecular weight is 280 g/mol. The van der Waals surface area contributed by atoms with E-state index in [9.17, 15) is 19.7 Å². The zero-order valence-electron chi connectivity index (χ0n) is 11.5. The van der Waals surface area contributed by atoms with Gasteiger partial charge in [-0.1, -0.05) is 13.8 Å². The monoisotopic (exact) mass is 280 g/mol. The fourth-order valence-corrected chi connectivity index (χ4v) is 1.48. The summed E-state index contributed by atoms with van der Waals surface area (Å²) in [4.78, 5) is 33.2. The number of Topliss-reactive ketones (excluding diaryl/α,β-unsaturated/α-hetero) is 1. The first kappa shape index (κ1) is 15.6. The molecule has 1 aromatic rings. The lowest BCUT2D eigenvalue weighted by Crippen LogP contribution is -2.25. The summed E-state index contributed by atoms with van der Waals surface area (Å²) in [6.07, 6.45) is 0. The Morgan fingerprint density at radius 3 is 2.55 bits per heavy atom. The topological polar surface area (TPSA) is 98.5 Å². The fraction of sp³-hybridized carbons (Fsp3) is 0.385. The minimum atomic E-state index is -0.643. The third-order valence-electron chi connectivity index (χ3n) is 2.60. The molecule has 0 fully saturated rings. The van der Waals surface area contributed by atoms with E-state index in [1.54, 1.807) is 13.8 Å². The third-order valence-corrected chi connectivity index (χ3v) is 2.60. The minimum absolute atomic E-state index is 0.0427. The quantitative estimate of drug-likeness (QED) is 0.484. The first-order valence-electron chi connectivity index (χ1n) is 6.02. The van der Waals surface area contributed by atoms with E-state index in [0.29, 0.717) is 0 Å². The van der Waals surface area contributed by atoms with Gasteiger partial charge in [0.25, 0.3) is 5.91 Å².